The molecule has 110 valence electrons. The molecule has 1 aliphatic rings. The summed E-state index contributed by atoms with van der Waals surface area (Å²) < 4.78 is 5.74. The number of methoxy groups -OCH3 is 1. The highest BCUT2D eigenvalue weighted by Gasteiger charge is 2.41. The minimum atomic E-state index is -0.546. The van der Waals surface area contributed by atoms with Gasteiger partial charge in [0.15, 0.2) is 0 Å². The molecule has 1 saturated carbocycles. The average Bonchev–Trinajstić information content (AvgIpc) is 3.23. The highest BCUT2D eigenvalue weighted by atomic mass is 35.5. The van der Waals surface area contributed by atoms with E-state index >= 15 is 0 Å². The van der Waals surface area contributed by atoms with Crippen LogP contribution in [0.1, 0.15) is 12.8 Å². The van der Waals surface area contributed by atoms with Crippen LogP contribution in [-0.2, 0) is 16.1 Å². The molecule has 8 heteroatoms. The molecule has 0 atom stereocenters. The van der Waals surface area contributed by atoms with E-state index in [1.807, 2.05) is 11.8 Å². The lowest BCUT2D eigenvalue weighted by Gasteiger charge is -2.15. The summed E-state index contributed by atoms with van der Waals surface area (Å²) >= 11 is 7.83. The molecular formula is C12H16ClN3O3S. The Morgan fingerprint density at radius 1 is 1.65 bits per heavy atom. The average molecular weight is 318 g/mol. The Balaban J connectivity index is 2.10. The Labute approximate surface area is 125 Å². The van der Waals surface area contributed by atoms with Crippen LogP contribution in [0.15, 0.2) is 11.0 Å². The van der Waals surface area contributed by atoms with Crippen molar-refractivity contribution >= 4 is 35.0 Å². The summed E-state index contributed by atoms with van der Waals surface area (Å²) in [6.07, 6.45) is 5.85. The van der Waals surface area contributed by atoms with Crippen LogP contribution in [-0.4, -0.2) is 40.4 Å². The molecule has 1 aromatic heterocycles. The summed E-state index contributed by atoms with van der Waals surface area (Å²) in [5.74, 6) is -0.546. The monoisotopic (exact) mass is 317 g/mol. The maximum atomic E-state index is 12.0. The maximum Gasteiger partial charge on any atom is 0.327 e. The van der Waals surface area contributed by atoms with E-state index in [9.17, 15) is 9.59 Å². The SMILES string of the molecule is COC(=O)Cn1ncc(NCC2(SC)CC2)c(Cl)c1=O. The zero-order valence-corrected chi connectivity index (χ0v) is 12.9. The number of esters is 1. The van der Waals surface area contributed by atoms with Gasteiger partial charge >= 0.3 is 5.97 Å². The van der Waals surface area contributed by atoms with Crippen molar-refractivity contribution in [3.05, 3.63) is 21.6 Å². The van der Waals surface area contributed by atoms with Gasteiger partial charge in [-0.15, -0.1) is 0 Å². The van der Waals surface area contributed by atoms with E-state index < -0.39 is 11.5 Å². The molecule has 0 spiro atoms. The van der Waals surface area contributed by atoms with E-state index in [2.05, 4.69) is 21.4 Å². The van der Waals surface area contributed by atoms with Gasteiger partial charge in [-0.3, -0.25) is 9.59 Å². The predicted molar refractivity (Wildman–Crippen MR) is 79.5 cm³/mol. The molecule has 1 fully saturated rings. The van der Waals surface area contributed by atoms with E-state index in [4.69, 9.17) is 11.6 Å². The van der Waals surface area contributed by atoms with Crippen molar-refractivity contribution in [3.63, 3.8) is 0 Å². The fourth-order valence-corrected chi connectivity index (χ4v) is 2.68. The van der Waals surface area contributed by atoms with Crippen molar-refractivity contribution in [2.24, 2.45) is 0 Å². The molecule has 0 radical (unpaired) electrons. The molecule has 0 unspecified atom stereocenters. The molecule has 0 amide bonds. The van der Waals surface area contributed by atoms with Crippen molar-refractivity contribution in [3.8, 4) is 0 Å². The lowest BCUT2D eigenvalue weighted by molar-refractivity contribution is -0.141. The second-order valence-electron chi connectivity index (χ2n) is 4.65. The summed E-state index contributed by atoms with van der Waals surface area (Å²) in [5.41, 5.74) is -0.00540. The van der Waals surface area contributed by atoms with Crippen molar-refractivity contribution in [1.82, 2.24) is 9.78 Å². The number of ether oxygens (including phenoxy) is 1. The van der Waals surface area contributed by atoms with Crippen molar-refractivity contribution in [2.45, 2.75) is 24.1 Å². The minimum Gasteiger partial charge on any atom is -0.468 e. The number of hydrogen-bond acceptors (Lipinski definition) is 6. The van der Waals surface area contributed by atoms with Gasteiger partial charge in [0.05, 0.1) is 19.0 Å². The number of aromatic nitrogens is 2. The van der Waals surface area contributed by atoms with E-state index in [1.165, 1.54) is 13.3 Å². The molecule has 0 aliphatic heterocycles. The van der Waals surface area contributed by atoms with E-state index in [0.717, 1.165) is 24.1 Å². The van der Waals surface area contributed by atoms with Gasteiger partial charge in [-0.05, 0) is 19.1 Å². The van der Waals surface area contributed by atoms with Gasteiger partial charge in [0, 0.05) is 11.3 Å². The third-order valence-corrected chi connectivity index (χ3v) is 5.12. The molecule has 1 aliphatic carbocycles. The van der Waals surface area contributed by atoms with Crippen LogP contribution in [0, 0.1) is 0 Å². The molecule has 0 bridgehead atoms. The normalized spacial score (nSPS) is 15.8. The van der Waals surface area contributed by atoms with Crippen LogP contribution in [0.5, 0.6) is 0 Å². The number of thioether (sulfide) groups is 1. The standard InChI is InChI=1S/C12H16ClN3O3S/c1-19-9(17)6-16-11(18)10(13)8(5-15-16)14-7-12(20-2)3-4-12/h5,14H,3-4,6-7H2,1-2H3. The van der Waals surface area contributed by atoms with Crippen molar-refractivity contribution < 1.29 is 9.53 Å². The lowest BCUT2D eigenvalue weighted by atomic mass is 10.3. The van der Waals surface area contributed by atoms with Gasteiger partial charge in [-0.1, -0.05) is 11.6 Å². The van der Waals surface area contributed by atoms with E-state index in [-0.39, 0.29) is 16.3 Å². The van der Waals surface area contributed by atoms with Crippen LogP contribution in [0.25, 0.3) is 0 Å². The third kappa shape index (κ3) is 3.27. The summed E-state index contributed by atoms with van der Waals surface area (Å²) in [6, 6.07) is 0. The Morgan fingerprint density at radius 3 is 2.90 bits per heavy atom. The highest BCUT2D eigenvalue weighted by molar-refractivity contribution is 8.00. The van der Waals surface area contributed by atoms with Crippen LogP contribution in [0.3, 0.4) is 0 Å². The molecule has 1 N–H and O–H groups in total. The van der Waals surface area contributed by atoms with E-state index in [0.29, 0.717) is 5.69 Å². The number of halogens is 1. The van der Waals surface area contributed by atoms with Crippen LogP contribution in [0.4, 0.5) is 5.69 Å². The predicted octanol–water partition coefficient (Wildman–Crippen LogP) is 1.38. The highest BCUT2D eigenvalue weighted by Crippen LogP contribution is 2.47. The first-order chi connectivity index (χ1) is 9.51. The first kappa shape index (κ1) is 15.2. The van der Waals surface area contributed by atoms with Gasteiger partial charge < -0.3 is 10.1 Å². The molecule has 20 heavy (non-hydrogen) atoms. The number of nitrogens with zero attached hydrogens (tertiary/aromatic N) is 2. The number of anilines is 1. The third-order valence-electron chi connectivity index (χ3n) is 3.33. The van der Waals surface area contributed by atoms with E-state index in [1.54, 1.807) is 0 Å². The Morgan fingerprint density at radius 2 is 2.35 bits per heavy atom. The molecule has 0 aromatic carbocycles. The van der Waals surface area contributed by atoms with Crippen LogP contribution < -0.4 is 10.9 Å². The van der Waals surface area contributed by atoms with Crippen molar-refractivity contribution in [2.75, 3.05) is 25.2 Å². The number of rotatable bonds is 6. The lowest BCUT2D eigenvalue weighted by Crippen LogP contribution is -2.29. The first-order valence-electron chi connectivity index (χ1n) is 6.13. The van der Waals surface area contributed by atoms with Crippen LogP contribution >= 0.6 is 23.4 Å². The number of carbonyl (C=O) groups is 1. The Kier molecular flexibility index (Phi) is 4.59. The van der Waals surface area contributed by atoms with Crippen LogP contribution in [0.2, 0.25) is 5.02 Å². The molecule has 6 nitrogen and oxygen atoms in total. The summed E-state index contributed by atoms with van der Waals surface area (Å²) in [6.45, 7) is 0.500. The molecule has 1 aromatic rings. The fraction of sp³-hybridized carbons (Fsp3) is 0.583. The Hall–Kier alpha value is -1.21. The largest absolute Gasteiger partial charge is 0.468 e. The first-order valence-corrected chi connectivity index (χ1v) is 7.73. The maximum absolute atomic E-state index is 12.0. The minimum absolute atomic E-state index is 0.0424. The summed E-state index contributed by atoms with van der Waals surface area (Å²) in [5, 5.41) is 7.12. The fourth-order valence-electron chi connectivity index (χ4n) is 1.74. The van der Waals surface area contributed by atoms with Gasteiger partial charge in [0.1, 0.15) is 11.6 Å². The smallest absolute Gasteiger partial charge is 0.327 e. The van der Waals surface area contributed by atoms with Gasteiger partial charge in [0.2, 0.25) is 0 Å². The van der Waals surface area contributed by atoms with Gasteiger partial charge in [-0.2, -0.15) is 16.9 Å². The van der Waals surface area contributed by atoms with Gasteiger partial charge in [0.25, 0.3) is 5.56 Å². The summed E-state index contributed by atoms with van der Waals surface area (Å²) in [7, 11) is 1.25. The van der Waals surface area contributed by atoms with Crippen molar-refractivity contribution in [1.29, 1.82) is 0 Å². The number of carbonyl (C=O) groups excluding carboxylic acids is 1. The number of hydrogen-bond donors (Lipinski definition) is 1. The second-order valence-corrected chi connectivity index (χ2v) is 6.30. The van der Waals surface area contributed by atoms with Gasteiger partial charge in [-0.25, -0.2) is 4.68 Å². The summed E-state index contributed by atoms with van der Waals surface area (Å²) in [4.78, 5) is 23.1. The molecule has 2 rings (SSSR count). The number of nitrogens with one attached hydrogen (secondary N) is 1. The second kappa shape index (κ2) is 6.05. The molecule has 0 saturated heterocycles. The molecule has 1 heterocycles. The quantitative estimate of drug-likeness (QED) is 0.799. The zero-order chi connectivity index (χ0) is 14.8. The molecular weight excluding hydrogens is 302 g/mol. The topological polar surface area (TPSA) is 73.2 Å². The zero-order valence-electron chi connectivity index (χ0n) is 11.3. The Bertz CT molecular complexity index is 572.